The second-order valence-electron chi connectivity index (χ2n) is 11.5. The molecule has 0 radical (unpaired) electrons. The first kappa shape index (κ1) is 25.2. The Hall–Kier alpha value is -1.89. The number of aliphatic hydroxyl groups excluding tert-OH is 1. The number of hydrogen-bond donors (Lipinski definition) is 4. The van der Waals surface area contributed by atoms with Crippen molar-refractivity contribution in [2.45, 2.75) is 127 Å². The van der Waals surface area contributed by atoms with E-state index in [0.717, 1.165) is 50.9 Å². The summed E-state index contributed by atoms with van der Waals surface area (Å²) in [5.74, 6) is 2.02. The number of hydrogen-bond acceptors (Lipinski definition) is 6. The normalized spacial score (nSPS) is 33.2. The van der Waals surface area contributed by atoms with Crippen LogP contribution in [0.2, 0.25) is 0 Å². The molecule has 0 spiro atoms. The van der Waals surface area contributed by atoms with Crippen molar-refractivity contribution in [3.63, 3.8) is 0 Å². The third-order valence-corrected chi connectivity index (χ3v) is 8.38. The zero-order valence-corrected chi connectivity index (χ0v) is 21.0. The molecular formula is C27H45N5O2. The maximum atomic E-state index is 12.2. The van der Waals surface area contributed by atoms with Crippen LogP contribution in [0, 0.1) is 11.8 Å². The Bertz CT molecular complexity index is 802. The molecule has 4 aliphatic rings. The van der Waals surface area contributed by atoms with Gasteiger partial charge in [-0.25, -0.2) is 4.98 Å². The van der Waals surface area contributed by atoms with Gasteiger partial charge in [0.25, 0.3) is 5.91 Å². The van der Waals surface area contributed by atoms with Gasteiger partial charge in [0.05, 0.1) is 11.7 Å². The van der Waals surface area contributed by atoms with Crippen LogP contribution in [-0.4, -0.2) is 38.7 Å². The van der Waals surface area contributed by atoms with E-state index in [4.69, 9.17) is 10.7 Å². The first-order valence-corrected chi connectivity index (χ1v) is 13.8. The van der Waals surface area contributed by atoms with Crippen LogP contribution < -0.4 is 16.4 Å². The van der Waals surface area contributed by atoms with Gasteiger partial charge in [-0.3, -0.25) is 4.79 Å². The lowest BCUT2D eigenvalue weighted by Crippen LogP contribution is -2.52. The standard InChI is InChI=1S/C27H45N5O2/c1-19-9-7-5-3-2-4-6-8-10-20-16-27(15-19,17-20)32-25-23(24(28)34)18-29-26(31-25)30-21-11-13-22(33)14-12-21/h18-22,33H,2-17H2,1H3,(H2,28,34)(H2,29,30,31,32). The number of nitrogens with zero attached hydrogens (tertiary/aromatic N) is 2. The molecule has 5 N–H and O–H groups in total. The van der Waals surface area contributed by atoms with Crippen molar-refractivity contribution in [2.24, 2.45) is 17.6 Å². The van der Waals surface area contributed by atoms with Gasteiger partial charge in [-0.2, -0.15) is 4.98 Å². The second-order valence-corrected chi connectivity index (χ2v) is 11.5. The lowest BCUT2D eigenvalue weighted by Gasteiger charge is -2.50. The van der Waals surface area contributed by atoms with Crippen LogP contribution in [0.4, 0.5) is 11.8 Å². The van der Waals surface area contributed by atoms with Crippen LogP contribution in [0.1, 0.15) is 120 Å². The molecule has 7 nitrogen and oxygen atoms in total. The first-order chi connectivity index (χ1) is 16.4. The Morgan fingerprint density at radius 1 is 0.971 bits per heavy atom. The van der Waals surface area contributed by atoms with Crippen molar-refractivity contribution in [3.05, 3.63) is 11.8 Å². The molecule has 0 aromatic carbocycles. The highest BCUT2D eigenvalue weighted by Crippen LogP contribution is 2.47. The molecule has 2 bridgehead atoms. The summed E-state index contributed by atoms with van der Waals surface area (Å²) in [5.41, 5.74) is 6.07. The summed E-state index contributed by atoms with van der Waals surface area (Å²) in [4.78, 5) is 21.4. The number of amides is 1. The van der Waals surface area contributed by atoms with Gasteiger partial charge in [-0.05, 0) is 56.8 Å². The Balaban J connectivity index is 1.48. The number of fused-ring (bicyclic) bond motifs is 10. The van der Waals surface area contributed by atoms with Crippen molar-refractivity contribution in [1.82, 2.24) is 9.97 Å². The van der Waals surface area contributed by atoms with E-state index < -0.39 is 5.91 Å². The van der Waals surface area contributed by atoms with Crippen molar-refractivity contribution >= 4 is 17.7 Å². The fraction of sp³-hybridized carbons (Fsp3) is 0.815. The van der Waals surface area contributed by atoms with Gasteiger partial charge in [-0.1, -0.05) is 64.7 Å². The zero-order chi connectivity index (χ0) is 24.0. The lowest BCUT2D eigenvalue weighted by molar-refractivity contribution is 0.0999. The van der Waals surface area contributed by atoms with E-state index in [1.54, 1.807) is 6.20 Å². The summed E-state index contributed by atoms with van der Waals surface area (Å²) in [6.07, 6.45) is 20.2. The molecule has 0 saturated heterocycles. The van der Waals surface area contributed by atoms with E-state index in [2.05, 4.69) is 22.5 Å². The van der Waals surface area contributed by atoms with E-state index in [0.29, 0.717) is 23.2 Å². The molecule has 4 saturated carbocycles. The second kappa shape index (κ2) is 11.7. The smallest absolute Gasteiger partial charge is 0.254 e. The van der Waals surface area contributed by atoms with Crippen LogP contribution in [0.5, 0.6) is 0 Å². The number of aliphatic hydroxyl groups is 1. The third kappa shape index (κ3) is 6.83. The number of carbonyl (C=O) groups is 1. The lowest BCUT2D eigenvalue weighted by atomic mass is 9.62. The topological polar surface area (TPSA) is 113 Å². The number of anilines is 2. The molecule has 0 aliphatic heterocycles. The molecule has 1 aromatic heterocycles. The minimum Gasteiger partial charge on any atom is -0.393 e. The molecule has 4 aliphatic carbocycles. The van der Waals surface area contributed by atoms with Crippen LogP contribution in [0.15, 0.2) is 6.20 Å². The summed E-state index contributed by atoms with van der Waals surface area (Å²) in [7, 11) is 0. The quantitative estimate of drug-likeness (QED) is 0.457. The Labute approximate surface area is 205 Å². The molecule has 1 heterocycles. The van der Waals surface area contributed by atoms with E-state index in [-0.39, 0.29) is 17.7 Å². The number of nitrogens with two attached hydrogens (primary N) is 1. The van der Waals surface area contributed by atoms with Crippen LogP contribution in [0.25, 0.3) is 0 Å². The average molecular weight is 472 g/mol. The first-order valence-electron chi connectivity index (χ1n) is 13.8. The van der Waals surface area contributed by atoms with Gasteiger partial charge in [-0.15, -0.1) is 0 Å². The van der Waals surface area contributed by atoms with Gasteiger partial charge < -0.3 is 21.5 Å². The highest BCUT2D eigenvalue weighted by Gasteiger charge is 2.45. The van der Waals surface area contributed by atoms with Gasteiger partial charge in [0.2, 0.25) is 5.95 Å². The molecule has 4 fully saturated rings. The summed E-state index contributed by atoms with van der Waals surface area (Å²) >= 11 is 0. The van der Waals surface area contributed by atoms with Crippen LogP contribution >= 0.6 is 0 Å². The SMILES string of the molecule is CC1CCCCCCCCCC2CC(Nc3nc(NC4CCC(O)CC4)ncc3C(N)=O)(C1)C2. The molecular weight excluding hydrogens is 426 g/mol. The molecule has 1 aromatic rings. The molecule has 1 atom stereocenters. The fourth-order valence-electron chi connectivity index (χ4n) is 6.53. The Morgan fingerprint density at radius 3 is 2.29 bits per heavy atom. The van der Waals surface area contributed by atoms with Crippen molar-refractivity contribution in [1.29, 1.82) is 0 Å². The Kier molecular flexibility index (Phi) is 8.67. The van der Waals surface area contributed by atoms with Gasteiger partial charge in [0.1, 0.15) is 5.82 Å². The number of aromatic nitrogens is 2. The largest absolute Gasteiger partial charge is 0.393 e. The number of rotatable bonds is 5. The number of nitrogens with one attached hydrogen (secondary N) is 2. The molecule has 34 heavy (non-hydrogen) atoms. The van der Waals surface area contributed by atoms with Crippen molar-refractivity contribution < 1.29 is 9.90 Å². The maximum absolute atomic E-state index is 12.2. The summed E-state index contributed by atoms with van der Waals surface area (Å²) in [5, 5.41) is 17.0. The summed E-state index contributed by atoms with van der Waals surface area (Å²) in [6, 6.07) is 0.247. The number of primary amides is 1. The van der Waals surface area contributed by atoms with Crippen LogP contribution in [-0.2, 0) is 0 Å². The minimum atomic E-state index is -0.490. The van der Waals surface area contributed by atoms with E-state index in [9.17, 15) is 9.90 Å². The highest BCUT2D eigenvalue weighted by atomic mass is 16.3. The van der Waals surface area contributed by atoms with Gasteiger partial charge >= 0.3 is 0 Å². The fourth-order valence-corrected chi connectivity index (χ4v) is 6.53. The monoisotopic (exact) mass is 471 g/mol. The van der Waals surface area contributed by atoms with Crippen molar-refractivity contribution in [3.8, 4) is 0 Å². The Morgan fingerprint density at radius 2 is 1.62 bits per heavy atom. The predicted octanol–water partition coefficient (Wildman–Crippen LogP) is 5.40. The molecule has 1 amide bonds. The zero-order valence-electron chi connectivity index (χ0n) is 21.0. The van der Waals surface area contributed by atoms with Crippen molar-refractivity contribution in [2.75, 3.05) is 10.6 Å². The van der Waals surface area contributed by atoms with Gasteiger partial charge in [0, 0.05) is 17.8 Å². The highest BCUT2D eigenvalue weighted by molar-refractivity contribution is 5.97. The third-order valence-electron chi connectivity index (χ3n) is 8.38. The summed E-state index contributed by atoms with van der Waals surface area (Å²) < 4.78 is 0. The average Bonchev–Trinajstić information content (AvgIpc) is 2.77. The van der Waals surface area contributed by atoms with E-state index in [1.165, 1.54) is 57.8 Å². The summed E-state index contributed by atoms with van der Waals surface area (Å²) in [6.45, 7) is 2.38. The molecule has 190 valence electrons. The predicted molar refractivity (Wildman–Crippen MR) is 137 cm³/mol. The maximum Gasteiger partial charge on any atom is 0.254 e. The van der Waals surface area contributed by atoms with E-state index >= 15 is 0 Å². The minimum absolute atomic E-state index is 0.0149. The van der Waals surface area contributed by atoms with Gasteiger partial charge in [0.15, 0.2) is 0 Å². The van der Waals surface area contributed by atoms with Crippen LogP contribution in [0.3, 0.4) is 0 Å². The van der Waals surface area contributed by atoms with E-state index in [1.807, 2.05) is 0 Å². The molecule has 1 unspecified atom stereocenters. The molecule has 5 rings (SSSR count). The number of carbonyl (C=O) groups excluding carboxylic acids is 1. The molecule has 7 heteroatoms.